The van der Waals surface area contributed by atoms with Gasteiger partial charge < -0.3 is 19.7 Å². The van der Waals surface area contributed by atoms with Crippen LogP contribution in [0.4, 0.5) is 24.8 Å². The van der Waals surface area contributed by atoms with E-state index in [0.717, 1.165) is 53.1 Å². The van der Waals surface area contributed by atoms with Gasteiger partial charge in [-0.25, -0.2) is 4.98 Å². The molecule has 2 aromatic heterocycles. The number of morpholine rings is 1. The quantitative estimate of drug-likeness (QED) is 0.321. The van der Waals surface area contributed by atoms with Crippen molar-refractivity contribution in [3.63, 3.8) is 0 Å². The molecule has 0 radical (unpaired) electrons. The first kappa shape index (κ1) is 25.7. The summed E-state index contributed by atoms with van der Waals surface area (Å²) in [4.78, 5) is 6.73. The van der Waals surface area contributed by atoms with Crippen molar-refractivity contribution in [2.75, 3.05) is 36.5 Å². The number of nitrogens with zero attached hydrogens (tertiary/aromatic N) is 4. The van der Waals surface area contributed by atoms with Gasteiger partial charge in [0.15, 0.2) is 5.82 Å². The van der Waals surface area contributed by atoms with E-state index in [1.807, 2.05) is 43.3 Å². The van der Waals surface area contributed by atoms with Gasteiger partial charge in [-0.05, 0) is 49.2 Å². The lowest BCUT2D eigenvalue weighted by molar-refractivity contribution is -0.137. The van der Waals surface area contributed by atoms with Gasteiger partial charge in [-0.2, -0.15) is 18.3 Å². The van der Waals surface area contributed by atoms with E-state index in [4.69, 9.17) is 9.47 Å². The summed E-state index contributed by atoms with van der Waals surface area (Å²) in [6.07, 6.45) is -2.75. The number of halogens is 3. The van der Waals surface area contributed by atoms with Crippen molar-refractivity contribution < 1.29 is 22.6 Å². The van der Waals surface area contributed by atoms with Gasteiger partial charge in [0.25, 0.3) is 0 Å². The first-order valence-electron chi connectivity index (χ1n) is 12.4. The topological polar surface area (TPSA) is 72.4 Å². The summed E-state index contributed by atoms with van der Waals surface area (Å²) >= 11 is 0. The van der Waals surface area contributed by atoms with Gasteiger partial charge in [-0.3, -0.25) is 0 Å². The number of aromatic nitrogens is 3. The number of fused-ring (bicyclic) bond motifs is 1. The molecule has 10 heteroatoms. The molecular weight excluding hydrogens is 495 g/mol. The maximum atomic E-state index is 13.8. The molecule has 0 spiro atoms. The number of alkyl halides is 3. The highest BCUT2D eigenvalue weighted by atomic mass is 19.4. The van der Waals surface area contributed by atoms with Crippen LogP contribution in [-0.2, 0) is 17.5 Å². The molecule has 1 atom stereocenters. The van der Waals surface area contributed by atoms with Gasteiger partial charge >= 0.3 is 6.18 Å². The lowest BCUT2D eigenvalue weighted by Gasteiger charge is -2.28. The van der Waals surface area contributed by atoms with E-state index in [0.29, 0.717) is 24.6 Å². The number of nitrogens with one attached hydrogen (secondary N) is 1. The molecule has 198 valence electrons. The van der Waals surface area contributed by atoms with Crippen molar-refractivity contribution in [3.05, 3.63) is 83.2 Å². The van der Waals surface area contributed by atoms with Gasteiger partial charge in [0, 0.05) is 30.1 Å². The van der Waals surface area contributed by atoms with Crippen LogP contribution in [0.5, 0.6) is 5.75 Å². The van der Waals surface area contributed by atoms with Crippen LogP contribution in [0.15, 0.2) is 60.8 Å². The van der Waals surface area contributed by atoms with E-state index in [2.05, 4.69) is 25.4 Å². The second-order valence-corrected chi connectivity index (χ2v) is 9.25. The average molecular weight is 524 g/mol. The molecule has 38 heavy (non-hydrogen) atoms. The van der Waals surface area contributed by atoms with Crippen LogP contribution in [0, 0.1) is 6.92 Å². The number of hydrogen-bond donors (Lipinski definition) is 1. The van der Waals surface area contributed by atoms with Crippen LogP contribution in [0.1, 0.15) is 35.3 Å². The second-order valence-electron chi connectivity index (χ2n) is 9.25. The third-order valence-corrected chi connectivity index (χ3v) is 6.53. The number of aryl methyl sites for hydroxylation is 1. The highest BCUT2D eigenvalue weighted by Gasteiger charge is 2.32. The third-order valence-electron chi connectivity index (χ3n) is 6.53. The Bertz CT molecular complexity index is 1410. The highest BCUT2D eigenvalue weighted by molar-refractivity contribution is 5.94. The Morgan fingerprint density at radius 2 is 1.79 bits per heavy atom. The lowest BCUT2D eigenvalue weighted by Crippen LogP contribution is -2.36. The number of hydrogen-bond acceptors (Lipinski definition) is 7. The minimum absolute atomic E-state index is 0.144. The Morgan fingerprint density at radius 3 is 2.53 bits per heavy atom. The fourth-order valence-electron chi connectivity index (χ4n) is 4.38. The average Bonchev–Trinajstić information content (AvgIpc) is 2.93. The molecular formula is C28H28F3N5O2. The van der Waals surface area contributed by atoms with Crippen LogP contribution in [0.2, 0.25) is 0 Å². The molecule has 1 aliphatic heterocycles. The Hall–Kier alpha value is -3.92. The largest absolute Gasteiger partial charge is 0.489 e. The Morgan fingerprint density at radius 1 is 1.03 bits per heavy atom. The molecule has 0 amide bonds. The zero-order valence-corrected chi connectivity index (χ0v) is 21.1. The van der Waals surface area contributed by atoms with Gasteiger partial charge in [0.2, 0.25) is 0 Å². The molecule has 0 bridgehead atoms. The predicted octanol–water partition coefficient (Wildman–Crippen LogP) is 5.94. The number of benzene rings is 2. The molecule has 0 saturated carbocycles. The van der Waals surface area contributed by atoms with Gasteiger partial charge in [-0.1, -0.05) is 30.3 Å². The Balaban J connectivity index is 1.45. The number of anilines is 2. The maximum absolute atomic E-state index is 13.8. The molecule has 3 heterocycles. The molecule has 2 aromatic carbocycles. The smallest absolute Gasteiger partial charge is 0.416 e. The third kappa shape index (κ3) is 5.80. The zero-order chi connectivity index (χ0) is 26.7. The molecule has 5 rings (SSSR count). The van der Waals surface area contributed by atoms with Gasteiger partial charge in [-0.15, -0.1) is 5.10 Å². The summed E-state index contributed by atoms with van der Waals surface area (Å²) in [5.41, 5.74) is 1.23. The summed E-state index contributed by atoms with van der Waals surface area (Å²) in [7, 11) is 0. The Kier molecular flexibility index (Phi) is 7.33. The number of pyridine rings is 1. The summed E-state index contributed by atoms with van der Waals surface area (Å²) in [6, 6.07) is 14.5. The van der Waals surface area contributed by atoms with E-state index < -0.39 is 17.8 Å². The van der Waals surface area contributed by atoms with Crippen molar-refractivity contribution in [2.45, 2.75) is 32.7 Å². The molecule has 1 N–H and O–H groups in total. The molecule has 1 fully saturated rings. The first-order chi connectivity index (χ1) is 18.3. The van der Waals surface area contributed by atoms with Crippen molar-refractivity contribution in [1.82, 2.24) is 15.2 Å². The minimum atomic E-state index is -4.52. The predicted molar refractivity (Wildman–Crippen MR) is 139 cm³/mol. The molecule has 4 aromatic rings. The summed E-state index contributed by atoms with van der Waals surface area (Å²) in [5.74, 6) is 1.41. The fraction of sp³-hybridized carbons (Fsp3) is 0.321. The molecule has 1 saturated heterocycles. The van der Waals surface area contributed by atoms with Gasteiger partial charge in [0.1, 0.15) is 18.2 Å². The van der Waals surface area contributed by atoms with E-state index in [9.17, 15) is 13.2 Å². The number of rotatable bonds is 7. The zero-order valence-electron chi connectivity index (χ0n) is 21.1. The molecule has 0 unspecified atom stereocenters. The van der Waals surface area contributed by atoms with Crippen LogP contribution in [0.3, 0.4) is 0 Å². The van der Waals surface area contributed by atoms with Crippen molar-refractivity contribution in [3.8, 4) is 5.75 Å². The molecule has 1 aliphatic rings. The van der Waals surface area contributed by atoms with Crippen LogP contribution in [0.25, 0.3) is 10.8 Å². The highest BCUT2D eigenvalue weighted by Crippen LogP contribution is 2.36. The second kappa shape index (κ2) is 10.8. The standard InChI is InChI=1S/C28H28F3N5O2/c1-18(21-12-22(28(29,30)31)14-23(13-21)38-17-20-6-4-3-5-7-20)33-27-24-15-26(36-8-10-37-11-9-36)32-16-25(24)19(2)34-35-27/h3-7,12-16,18H,8-11,17H2,1-2H3,(H,33,35)/t18-/m1/s1. The fourth-order valence-corrected chi connectivity index (χ4v) is 4.38. The molecule has 7 nitrogen and oxygen atoms in total. The van der Waals surface area contributed by atoms with Crippen molar-refractivity contribution in [2.24, 2.45) is 0 Å². The summed E-state index contributed by atoms with van der Waals surface area (Å²) in [5, 5.41) is 13.5. The maximum Gasteiger partial charge on any atom is 0.416 e. The summed E-state index contributed by atoms with van der Waals surface area (Å²) in [6.45, 7) is 6.50. The number of ether oxygens (including phenoxy) is 2. The minimum Gasteiger partial charge on any atom is -0.489 e. The molecule has 0 aliphatic carbocycles. The first-order valence-corrected chi connectivity index (χ1v) is 12.4. The SMILES string of the molecule is Cc1nnc(N[C@H](C)c2cc(OCc3ccccc3)cc(C(F)(F)F)c2)c2cc(N3CCOCC3)ncc12. The van der Waals surface area contributed by atoms with Crippen molar-refractivity contribution in [1.29, 1.82) is 0 Å². The van der Waals surface area contributed by atoms with Crippen LogP contribution >= 0.6 is 0 Å². The monoisotopic (exact) mass is 523 g/mol. The Labute approximate surface area is 218 Å². The summed E-state index contributed by atoms with van der Waals surface area (Å²) < 4.78 is 52.5. The van der Waals surface area contributed by atoms with Crippen LogP contribution in [-0.4, -0.2) is 41.5 Å². The normalized spacial score (nSPS) is 14.9. The van der Waals surface area contributed by atoms with E-state index >= 15 is 0 Å². The van der Waals surface area contributed by atoms with E-state index in [1.54, 1.807) is 19.2 Å². The van der Waals surface area contributed by atoms with E-state index in [1.165, 1.54) is 0 Å². The lowest BCUT2D eigenvalue weighted by atomic mass is 10.0. The van der Waals surface area contributed by atoms with E-state index in [-0.39, 0.29) is 12.4 Å². The van der Waals surface area contributed by atoms with Crippen LogP contribution < -0.4 is 15.0 Å². The van der Waals surface area contributed by atoms with Crippen molar-refractivity contribution >= 4 is 22.4 Å². The van der Waals surface area contributed by atoms with Gasteiger partial charge in [0.05, 0.1) is 30.5 Å².